The fourth-order valence-electron chi connectivity index (χ4n) is 1.51. The number of nitrogens with zero attached hydrogens (tertiary/aromatic N) is 2. The van der Waals surface area contributed by atoms with Crippen molar-refractivity contribution in [2.45, 2.75) is 38.9 Å². The Hall–Kier alpha value is -0.175. The summed E-state index contributed by atoms with van der Waals surface area (Å²) in [5.74, 6) is -1.05. The van der Waals surface area contributed by atoms with Crippen molar-refractivity contribution in [3.8, 4) is 0 Å². The van der Waals surface area contributed by atoms with Gasteiger partial charge in [-0.1, -0.05) is 20.8 Å². The molecule has 2 saturated heterocycles. The summed E-state index contributed by atoms with van der Waals surface area (Å²) in [6.07, 6.45) is 0.508. The van der Waals surface area contributed by atoms with Gasteiger partial charge in [-0.2, -0.15) is 12.6 Å². The van der Waals surface area contributed by atoms with Crippen molar-refractivity contribution in [3.63, 3.8) is 0 Å². The third-order valence-corrected chi connectivity index (χ3v) is 3.09. The molecular formula is C13H20LaN2O4S-2. The Kier molecular flexibility index (Phi) is 11.6. The molecule has 2 atom stereocenters. The van der Waals surface area contributed by atoms with E-state index in [2.05, 4.69) is 26.7 Å². The van der Waals surface area contributed by atoms with E-state index in [-0.39, 0.29) is 71.6 Å². The largest absolute Gasteiger partial charge is 0.438 e. The standard InChI is InChI=1S/C6H8NO2.C5H6NO2S.C2H6.La/c1-4-3-5(8)7(2)6(4)9;1-6-4(7)2-3(9)5(6)8;1-2;/h4H,2-3H2,1H3;3,9H,1-2H2;1-2H3;/q2*-1;;. The molecule has 21 heavy (non-hydrogen) atoms. The Bertz CT molecular complexity index is 379. The molecule has 0 bridgehead atoms. The molecule has 2 rings (SSSR count). The van der Waals surface area contributed by atoms with Crippen LogP contribution >= 0.6 is 12.6 Å². The number of hydrogen-bond donors (Lipinski definition) is 1. The maximum Gasteiger partial charge on any atom is 0.212 e. The third kappa shape index (κ3) is 6.22. The molecule has 2 fully saturated rings. The molecule has 0 spiro atoms. The topological polar surface area (TPSA) is 74.8 Å². The van der Waals surface area contributed by atoms with E-state index in [0.29, 0.717) is 6.42 Å². The summed E-state index contributed by atoms with van der Waals surface area (Å²) in [5, 5.41) is -0.463. The zero-order valence-corrected chi connectivity index (χ0v) is 17.1. The molecule has 117 valence electrons. The second-order valence-electron chi connectivity index (χ2n) is 4.15. The van der Waals surface area contributed by atoms with E-state index in [1.807, 2.05) is 13.8 Å². The number of likely N-dealkylation sites (tertiary alicyclic amines) is 2. The average Bonchev–Trinajstić information content (AvgIpc) is 2.78. The van der Waals surface area contributed by atoms with Gasteiger partial charge in [0.25, 0.3) is 0 Å². The Morgan fingerprint density at radius 2 is 1.33 bits per heavy atom. The zero-order valence-electron chi connectivity index (χ0n) is 12.5. The average molecular weight is 439 g/mol. The van der Waals surface area contributed by atoms with Crippen molar-refractivity contribution < 1.29 is 54.8 Å². The first-order valence-electron chi connectivity index (χ1n) is 6.28. The molecule has 0 saturated carbocycles. The fourth-order valence-corrected chi connectivity index (χ4v) is 1.81. The molecule has 0 N–H and O–H groups in total. The van der Waals surface area contributed by atoms with Crippen LogP contribution in [0.15, 0.2) is 0 Å². The van der Waals surface area contributed by atoms with Crippen molar-refractivity contribution in [1.29, 1.82) is 0 Å². The maximum absolute atomic E-state index is 10.8. The molecule has 2 aliphatic heterocycles. The van der Waals surface area contributed by atoms with Gasteiger partial charge in [-0.15, -0.1) is 0 Å². The second kappa shape index (κ2) is 10.5. The summed E-state index contributed by atoms with van der Waals surface area (Å²) in [5.41, 5.74) is 0. The van der Waals surface area contributed by atoms with E-state index in [1.165, 1.54) is 0 Å². The molecule has 2 aliphatic rings. The number of amides is 4. The molecule has 4 amide bonds. The smallest absolute Gasteiger partial charge is 0.212 e. The van der Waals surface area contributed by atoms with Crippen molar-refractivity contribution in [3.05, 3.63) is 14.1 Å². The van der Waals surface area contributed by atoms with Gasteiger partial charge in [-0.05, 0) is 0 Å². The maximum atomic E-state index is 10.8. The SMILES string of the molecule is CC.[CH2-]N1C(=O)CC(C)C1=O.[CH2-]N1C(=O)CC(S)C1=O.[La]. The monoisotopic (exact) mass is 439 g/mol. The van der Waals surface area contributed by atoms with Gasteiger partial charge in [0.1, 0.15) is 0 Å². The van der Waals surface area contributed by atoms with Gasteiger partial charge in [0.05, 0.1) is 5.25 Å². The predicted octanol–water partition coefficient (Wildman–Crippen LogP) is 1.03. The number of imide groups is 2. The van der Waals surface area contributed by atoms with E-state index in [9.17, 15) is 19.2 Å². The number of rotatable bonds is 0. The number of carbonyl (C=O) groups excluding carboxylic acids is 4. The van der Waals surface area contributed by atoms with Crippen LogP contribution < -0.4 is 0 Å². The molecule has 2 heterocycles. The van der Waals surface area contributed by atoms with Crippen LogP contribution in [-0.4, -0.2) is 38.7 Å². The van der Waals surface area contributed by atoms with Gasteiger partial charge >= 0.3 is 0 Å². The van der Waals surface area contributed by atoms with Crippen molar-refractivity contribution in [1.82, 2.24) is 9.80 Å². The Labute approximate surface area is 159 Å². The van der Waals surface area contributed by atoms with Crippen LogP contribution in [0.1, 0.15) is 33.6 Å². The van der Waals surface area contributed by atoms with Crippen LogP contribution in [0.5, 0.6) is 0 Å². The van der Waals surface area contributed by atoms with Crippen LogP contribution in [0.25, 0.3) is 0 Å². The van der Waals surface area contributed by atoms with Crippen molar-refractivity contribution >= 4 is 36.3 Å². The summed E-state index contributed by atoms with van der Waals surface area (Å²) in [4.78, 5) is 44.5. The Morgan fingerprint density at radius 1 is 0.952 bits per heavy atom. The van der Waals surface area contributed by atoms with E-state index in [0.717, 1.165) is 9.80 Å². The molecule has 0 aromatic heterocycles. The summed E-state index contributed by atoms with van der Waals surface area (Å²) in [6.45, 7) is 5.73. The molecular weight excluding hydrogens is 419 g/mol. The van der Waals surface area contributed by atoms with E-state index in [4.69, 9.17) is 0 Å². The zero-order chi connectivity index (χ0) is 16.0. The van der Waals surface area contributed by atoms with Gasteiger partial charge in [-0.25, -0.2) is 14.1 Å². The number of hydrogen-bond acceptors (Lipinski definition) is 5. The minimum Gasteiger partial charge on any atom is -0.438 e. The minimum atomic E-state index is -0.463. The second-order valence-corrected chi connectivity index (χ2v) is 4.77. The van der Waals surface area contributed by atoms with Gasteiger partial charge in [0.2, 0.25) is 17.7 Å². The van der Waals surface area contributed by atoms with Crippen LogP contribution in [0, 0.1) is 55.6 Å². The first-order chi connectivity index (χ1) is 9.25. The van der Waals surface area contributed by atoms with E-state index >= 15 is 0 Å². The summed E-state index contributed by atoms with van der Waals surface area (Å²) < 4.78 is 0. The summed E-state index contributed by atoms with van der Waals surface area (Å²) in [6, 6.07) is 0. The van der Waals surface area contributed by atoms with Gasteiger partial charge in [-0.3, -0.25) is 19.2 Å². The quantitative estimate of drug-likeness (QED) is 0.348. The van der Waals surface area contributed by atoms with Gasteiger partial charge in [0.15, 0.2) is 5.91 Å². The first kappa shape index (κ1) is 23.1. The number of thiol groups is 1. The van der Waals surface area contributed by atoms with Crippen molar-refractivity contribution in [2.24, 2.45) is 5.92 Å². The molecule has 2 unspecified atom stereocenters. The van der Waals surface area contributed by atoms with Crippen molar-refractivity contribution in [2.75, 3.05) is 0 Å². The molecule has 0 aromatic rings. The third-order valence-electron chi connectivity index (χ3n) is 2.69. The van der Waals surface area contributed by atoms with E-state index < -0.39 is 5.25 Å². The minimum absolute atomic E-state index is 0. The normalized spacial score (nSPS) is 24.1. The van der Waals surface area contributed by atoms with Crippen LogP contribution in [0.2, 0.25) is 0 Å². The Balaban J connectivity index is 0. The van der Waals surface area contributed by atoms with Crippen LogP contribution in [-0.2, 0) is 19.2 Å². The molecule has 8 heteroatoms. The first-order valence-corrected chi connectivity index (χ1v) is 6.80. The summed E-state index contributed by atoms with van der Waals surface area (Å²) >= 11 is 3.85. The molecule has 0 aromatic carbocycles. The molecule has 1 radical (unpaired) electrons. The van der Waals surface area contributed by atoms with E-state index in [1.54, 1.807) is 6.92 Å². The Morgan fingerprint density at radius 3 is 1.43 bits per heavy atom. The molecule has 6 nitrogen and oxygen atoms in total. The van der Waals surface area contributed by atoms with Crippen LogP contribution in [0.3, 0.4) is 0 Å². The van der Waals surface area contributed by atoms with Crippen LogP contribution in [0.4, 0.5) is 0 Å². The van der Waals surface area contributed by atoms with Gasteiger partial charge in [0, 0.05) is 54.4 Å². The summed E-state index contributed by atoms with van der Waals surface area (Å²) in [7, 11) is 6.52. The fraction of sp³-hybridized carbons (Fsp3) is 0.538. The predicted molar refractivity (Wildman–Crippen MR) is 76.9 cm³/mol. The number of carbonyl (C=O) groups is 4. The van der Waals surface area contributed by atoms with Gasteiger partial charge < -0.3 is 9.80 Å². The molecule has 0 aliphatic carbocycles.